The number of fused-ring (bicyclic) bond motifs is 1. The maximum absolute atomic E-state index is 11.8. The van der Waals surface area contributed by atoms with Crippen LogP contribution in [0.15, 0.2) is 18.3 Å². The molecule has 3 heterocycles. The number of carbonyl (C=O) groups excluding carboxylic acids is 2. The highest BCUT2D eigenvalue weighted by Crippen LogP contribution is 2.36. The van der Waals surface area contributed by atoms with Crippen LogP contribution in [0.25, 0.3) is 0 Å². The van der Waals surface area contributed by atoms with E-state index in [4.69, 9.17) is 4.74 Å². The van der Waals surface area contributed by atoms with Gasteiger partial charge in [-0.05, 0) is 39.2 Å². The van der Waals surface area contributed by atoms with Crippen molar-refractivity contribution in [2.24, 2.45) is 0 Å². The summed E-state index contributed by atoms with van der Waals surface area (Å²) in [6, 6.07) is 3.94. The number of H-pyrrole nitrogens is 1. The minimum absolute atomic E-state index is 0.0635. The lowest BCUT2D eigenvalue weighted by Gasteiger charge is -2.14. The molecule has 1 fully saturated rings. The van der Waals surface area contributed by atoms with Gasteiger partial charge in [0.15, 0.2) is 5.82 Å². The molecule has 0 unspecified atom stereocenters. The van der Waals surface area contributed by atoms with Gasteiger partial charge in [0.05, 0.1) is 11.9 Å². The SMILES string of the molecule is CC(C)NC(=O)O[C@@H]1CC[C@H](c2cc(Nc3cnc4c(c3)CNC4=O)n[nH]2)C1. The van der Waals surface area contributed by atoms with E-state index in [0.717, 1.165) is 36.2 Å². The molecule has 2 atom stereocenters. The highest BCUT2D eigenvalue weighted by molar-refractivity contribution is 5.96. The zero-order valence-electron chi connectivity index (χ0n) is 15.9. The van der Waals surface area contributed by atoms with Gasteiger partial charge in [-0.2, -0.15) is 5.10 Å². The Kier molecular flexibility index (Phi) is 4.89. The minimum Gasteiger partial charge on any atom is -0.446 e. The van der Waals surface area contributed by atoms with Gasteiger partial charge in [0.1, 0.15) is 11.8 Å². The highest BCUT2D eigenvalue weighted by atomic mass is 16.6. The van der Waals surface area contributed by atoms with Crippen molar-refractivity contribution in [2.75, 3.05) is 5.32 Å². The molecular weight excluding hydrogens is 360 g/mol. The van der Waals surface area contributed by atoms with Crippen molar-refractivity contribution < 1.29 is 14.3 Å². The fraction of sp³-hybridized carbons (Fsp3) is 0.474. The van der Waals surface area contributed by atoms with Gasteiger partial charge in [-0.25, -0.2) is 9.78 Å². The molecule has 0 saturated heterocycles. The number of rotatable bonds is 5. The molecule has 28 heavy (non-hydrogen) atoms. The average molecular weight is 384 g/mol. The summed E-state index contributed by atoms with van der Waals surface area (Å²) in [6.07, 6.45) is 3.76. The molecule has 4 rings (SSSR count). The third-order valence-corrected chi connectivity index (χ3v) is 5.00. The van der Waals surface area contributed by atoms with Crippen LogP contribution in [-0.2, 0) is 11.3 Å². The van der Waals surface area contributed by atoms with Gasteiger partial charge in [0.25, 0.3) is 5.91 Å². The quantitative estimate of drug-likeness (QED) is 0.629. The molecule has 1 aliphatic carbocycles. The molecule has 9 heteroatoms. The summed E-state index contributed by atoms with van der Waals surface area (Å²) < 4.78 is 5.49. The minimum atomic E-state index is -0.357. The monoisotopic (exact) mass is 384 g/mol. The van der Waals surface area contributed by atoms with E-state index < -0.39 is 0 Å². The number of ether oxygens (including phenoxy) is 1. The second-order valence-electron chi connectivity index (χ2n) is 7.58. The van der Waals surface area contributed by atoms with E-state index in [2.05, 4.69) is 31.1 Å². The van der Waals surface area contributed by atoms with E-state index in [0.29, 0.717) is 18.1 Å². The molecule has 1 aliphatic heterocycles. The molecule has 148 valence electrons. The van der Waals surface area contributed by atoms with E-state index in [1.54, 1.807) is 6.20 Å². The predicted molar refractivity (Wildman–Crippen MR) is 102 cm³/mol. The average Bonchev–Trinajstić information content (AvgIpc) is 3.35. The van der Waals surface area contributed by atoms with Gasteiger partial charge in [-0.3, -0.25) is 9.89 Å². The lowest BCUT2D eigenvalue weighted by Crippen LogP contribution is -2.33. The largest absolute Gasteiger partial charge is 0.446 e. The number of anilines is 2. The van der Waals surface area contributed by atoms with Crippen LogP contribution in [0.3, 0.4) is 0 Å². The topological polar surface area (TPSA) is 121 Å². The molecule has 4 N–H and O–H groups in total. The van der Waals surface area contributed by atoms with Gasteiger partial charge in [0.2, 0.25) is 0 Å². The molecule has 0 aromatic carbocycles. The molecule has 0 bridgehead atoms. The Labute approximate surface area is 162 Å². The van der Waals surface area contributed by atoms with E-state index >= 15 is 0 Å². The molecule has 9 nitrogen and oxygen atoms in total. The van der Waals surface area contributed by atoms with Crippen molar-refractivity contribution in [3.8, 4) is 0 Å². The molecule has 0 spiro atoms. The fourth-order valence-electron chi connectivity index (χ4n) is 3.69. The number of hydrogen-bond acceptors (Lipinski definition) is 6. The molecule has 1 saturated carbocycles. The zero-order chi connectivity index (χ0) is 19.7. The van der Waals surface area contributed by atoms with Crippen LogP contribution in [0.5, 0.6) is 0 Å². The summed E-state index contributed by atoms with van der Waals surface area (Å²) in [5.74, 6) is 0.833. The Morgan fingerprint density at radius 1 is 1.32 bits per heavy atom. The van der Waals surface area contributed by atoms with Crippen LogP contribution in [0.4, 0.5) is 16.3 Å². The third-order valence-electron chi connectivity index (χ3n) is 5.00. The fourth-order valence-corrected chi connectivity index (χ4v) is 3.69. The molecule has 0 radical (unpaired) electrons. The van der Waals surface area contributed by atoms with Gasteiger partial charge >= 0.3 is 6.09 Å². The molecule has 2 aliphatic rings. The maximum atomic E-state index is 11.8. The molecule has 2 amide bonds. The number of aromatic nitrogens is 3. The van der Waals surface area contributed by atoms with Crippen LogP contribution >= 0.6 is 0 Å². The normalized spacial score (nSPS) is 20.8. The van der Waals surface area contributed by atoms with Gasteiger partial charge in [-0.1, -0.05) is 0 Å². The van der Waals surface area contributed by atoms with Crippen molar-refractivity contribution in [2.45, 2.75) is 57.7 Å². The molecular formula is C19H24N6O3. The lowest BCUT2D eigenvalue weighted by atomic mass is 10.0. The van der Waals surface area contributed by atoms with E-state index in [-0.39, 0.29) is 30.1 Å². The van der Waals surface area contributed by atoms with Gasteiger partial charge in [0, 0.05) is 35.8 Å². The maximum Gasteiger partial charge on any atom is 0.407 e. The number of carbonyl (C=O) groups is 2. The second-order valence-corrected chi connectivity index (χ2v) is 7.58. The number of amides is 2. The van der Waals surface area contributed by atoms with Crippen molar-refractivity contribution >= 4 is 23.5 Å². The first-order chi connectivity index (χ1) is 13.5. The highest BCUT2D eigenvalue weighted by Gasteiger charge is 2.30. The van der Waals surface area contributed by atoms with Crippen LogP contribution in [0.1, 0.15) is 60.8 Å². The van der Waals surface area contributed by atoms with E-state index in [1.165, 1.54) is 0 Å². The van der Waals surface area contributed by atoms with Gasteiger partial charge < -0.3 is 20.7 Å². The van der Waals surface area contributed by atoms with Crippen LogP contribution in [0, 0.1) is 0 Å². The number of pyridine rings is 1. The Balaban J connectivity index is 1.35. The number of hydrogen-bond donors (Lipinski definition) is 4. The van der Waals surface area contributed by atoms with E-state index in [9.17, 15) is 9.59 Å². The number of nitrogens with zero attached hydrogens (tertiary/aromatic N) is 2. The summed E-state index contributed by atoms with van der Waals surface area (Å²) in [7, 11) is 0. The number of nitrogens with one attached hydrogen (secondary N) is 4. The van der Waals surface area contributed by atoms with E-state index in [1.807, 2.05) is 26.0 Å². The predicted octanol–water partition coefficient (Wildman–Crippen LogP) is 2.56. The van der Waals surface area contributed by atoms with Crippen LogP contribution < -0.4 is 16.0 Å². The standard InChI is InChI=1S/C19H24N6O3/c1-10(2)22-19(27)28-14-4-3-11(6-14)15-7-16(25-24-15)23-13-5-12-8-21-18(26)17(12)20-9-13/h5,7,9-11,14H,3-4,6,8H2,1-2H3,(H,21,26)(H,22,27)(H2,23,24,25)/t11-,14+/m0/s1. The third kappa shape index (κ3) is 3.92. The van der Waals surface area contributed by atoms with Crippen molar-refractivity contribution in [3.63, 3.8) is 0 Å². The smallest absolute Gasteiger partial charge is 0.407 e. The molecule has 2 aromatic heterocycles. The summed E-state index contributed by atoms with van der Waals surface area (Å²) in [4.78, 5) is 27.6. The Bertz CT molecular complexity index is 894. The van der Waals surface area contributed by atoms with Crippen LogP contribution in [0.2, 0.25) is 0 Å². The van der Waals surface area contributed by atoms with Gasteiger partial charge in [-0.15, -0.1) is 0 Å². The first-order valence-corrected chi connectivity index (χ1v) is 9.54. The summed E-state index contributed by atoms with van der Waals surface area (Å²) in [5.41, 5.74) is 3.16. The number of aromatic amines is 1. The van der Waals surface area contributed by atoms with Crippen molar-refractivity contribution in [3.05, 3.63) is 35.3 Å². The Hall–Kier alpha value is -3.10. The summed E-state index contributed by atoms with van der Waals surface area (Å²) >= 11 is 0. The van der Waals surface area contributed by atoms with Crippen molar-refractivity contribution in [1.82, 2.24) is 25.8 Å². The molecule has 2 aromatic rings. The lowest BCUT2D eigenvalue weighted by molar-refractivity contribution is 0.0958. The Morgan fingerprint density at radius 3 is 3.00 bits per heavy atom. The second kappa shape index (κ2) is 7.49. The zero-order valence-corrected chi connectivity index (χ0v) is 15.9. The summed E-state index contributed by atoms with van der Waals surface area (Å²) in [5, 5.41) is 16.1. The summed E-state index contributed by atoms with van der Waals surface area (Å²) in [6.45, 7) is 4.31. The van der Waals surface area contributed by atoms with Crippen molar-refractivity contribution in [1.29, 1.82) is 0 Å². The first-order valence-electron chi connectivity index (χ1n) is 9.54. The Morgan fingerprint density at radius 2 is 2.18 bits per heavy atom. The number of alkyl carbamates (subject to hydrolysis) is 1. The first kappa shape index (κ1) is 18.3. The van der Waals surface area contributed by atoms with Crippen LogP contribution in [-0.4, -0.2) is 39.3 Å².